The van der Waals surface area contributed by atoms with Crippen molar-refractivity contribution in [2.24, 2.45) is 5.73 Å². The summed E-state index contributed by atoms with van der Waals surface area (Å²) in [6.07, 6.45) is -2.13. The first kappa shape index (κ1) is 20.2. The fourth-order valence-electron chi connectivity index (χ4n) is 3.05. The van der Waals surface area contributed by atoms with Crippen LogP contribution in [0.1, 0.15) is 28.8 Å². The summed E-state index contributed by atoms with van der Waals surface area (Å²) >= 11 is 6.01. The zero-order valence-corrected chi connectivity index (χ0v) is 15.2. The normalized spacial score (nSPS) is 17.0. The van der Waals surface area contributed by atoms with Gasteiger partial charge in [-0.25, -0.2) is 9.37 Å². The van der Waals surface area contributed by atoms with Crippen LogP contribution in [0.3, 0.4) is 0 Å². The second-order valence-corrected chi connectivity index (χ2v) is 6.74. The quantitative estimate of drug-likeness (QED) is 0.745. The number of amides is 1. The standard InChI is InChI=1S/C18H16ClF4N3O2/c19-13-6-12(17(24)27)14(20)7-15(13)28-9-11-2-1-5-26(11)16-4-3-10(8-25-16)18(21,22)23/h3-4,6-8,11H,1-2,5,9H2,(H2,24,27)/t11-/m1/s1. The molecule has 10 heteroatoms. The molecule has 28 heavy (non-hydrogen) atoms. The first-order chi connectivity index (χ1) is 13.2. The first-order valence-corrected chi connectivity index (χ1v) is 8.76. The third kappa shape index (κ3) is 4.30. The number of benzene rings is 1. The van der Waals surface area contributed by atoms with E-state index in [4.69, 9.17) is 22.1 Å². The zero-order chi connectivity index (χ0) is 20.5. The monoisotopic (exact) mass is 417 g/mol. The Labute approximate surface area is 163 Å². The predicted octanol–water partition coefficient (Wildman–Crippen LogP) is 4.04. The van der Waals surface area contributed by atoms with Crippen LogP contribution in [-0.4, -0.2) is 30.1 Å². The molecule has 2 N–H and O–H groups in total. The molecule has 1 aromatic carbocycles. The number of rotatable bonds is 5. The number of primary amides is 1. The summed E-state index contributed by atoms with van der Waals surface area (Å²) in [7, 11) is 0. The van der Waals surface area contributed by atoms with E-state index < -0.39 is 23.5 Å². The largest absolute Gasteiger partial charge is 0.490 e. The topological polar surface area (TPSA) is 68.5 Å². The maximum atomic E-state index is 13.9. The number of carbonyl (C=O) groups excluding carboxylic acids is 1. The molecule has 0 unspecified atom stereocenters. The Balaban J connectivity index is 1.71. The van der Waals surface area contributed by atoms with Gasteiger partial charge in [-0.15, -0.1) is 0 Å². The summed E-state index contributed by atoms with van der Waals surface area (Å²) < 4.78 is 57.6. The van der Waals surface area contributed by atoms with E-state index in [9.17, 15) is 22.4 Å². The minimum Gasteiger partial charge on any atom is -0.490 e. The van der Waals surface area contributed by atoms with Crippen molar-refractivity contribution in [1.29, 1.82) is 0 Å². The molecule has 1 aromatic heterocycles. The maximum absolute atomic E-state index is 13.9. The van der Waals surface area contributed by atoms with E-state index in [-0.39, 0.29) is 29.0 Å². The second kappa shape index (κ2) is 7.83. The van der Waals surface area contributed by atoms with Crippen LogP contribution >= 0.6 is 11.6 Å². The molecule has 150 valence electrons. The smallest absolute Gasteiger partial charge is 0.417 e. The molecular formula is C18H16ClF4N3O2. The van der Waals surface area contributed by atoms with E-state index in [0.29, 0.717) is 12.4 Å². The number of aromatic nitrogens is 1. The van der Waals surface area contributed by atoms with Crippen LogP contribution in [0, 0.1) is 5.82 Å². The number of carbonyl (C=O) groups is 1. The van der Waals surface area contributed by atoms with Gasteiger partial charge in [0, 0.05) is 18.8 Å². The van der Waals surface area contributed by atoms with Gasteiger partial charge in [-0.2, -0.15) is 13.2 Å². The van der Waals surface area contributed by atoms with Gasteiger partial charge < -0.3 is 15.4 Å². The lowest BCUT2D eigenvalue weighted by molar-refractivity contribution is -0.137. The van der Waals surface area contributed by atoms with Crippen molar-refractivity contribution in [3.63, 3.8) is 0 Å². The fourth-order valence-corrected chi connectivity index (χ4v) is 3.27. The Bertz CT molecular complexity index is 874. The number of pyridine rings is 1. The van der Waals surface area contributed by atoms with Gasteiger partial charge in [-0.3, -0.25) is 4.79 Å². The molecule has 0 aliphatic carbocycles. The van der Waals surface area contributed by atoms with Crippen LogP contribution in [-0.2, 0) is 6.18 Å². The van der Waals surface area contributed by atoms with E-state index in [1.165, 1.54) is 6.07 Å². The molecule has 2 aromatic rings. The molecule has 1 amide bonds. The molecule has 0 radical (unpaired) electrons. The summed E-state index contributed by atoms with van der Waals surface area (Å²) in [6.45, 7) is 0.729. The van der Waals surface area contributed by atoms with Crippen LogP contribution < -0.4 is 15.4 Å². The van der Waals surface area contributed by atoms with E-state index in [2.05, 4.69) is 4.98 Å². The molecule has 5 nitrogen and oxygen atoms in total. The van der Waals surface area contributed by atoms with Gasteiger partial charge in [0.25, 0.3) is 5.91 Å². The lowest BCUT2D eigenvalue weighted by Crippen LogP contribution is -2.34. The first-order valence-electron chi connectivity index (χ1n) is 8.38. The van der Waals surface area contributed by atoms with E-state index in [0.717, 1.165) is 37.2 Å². The highest BCUT2D eigenvalue weighted by Gasteiger charge is 2.32. The molecule has 1 aliphatic rings. The summed E-state index contributed by atoms with van der Waals surface area (Å²) in [5, 5.41) is 0.0346. The number of hydrogen-bond donors (Lipinski definition) is 1. The number of nitrogens with zero attached hydrogens (tertiary/aromatic N) is 2. The zero-order valence-electron chi connectivity index (χ0n) is 14.5. The molecule has 1 atom stereocenters. The highest BCUT2D eigenvalue weighted by Crippen LogP contribution is 2.32. The molecule has 0 bridgehead atoms. The summed E-state index contributed by atoms with van der Waals surface area (Å²) in [5.74, 6) is -1.34. The molecule has 1 saturated heterocycles. The molecule has 1 aliphatic heterocycles. The van der Waals surface area contributed by atoms with Gasteiger partial charge in [0.2, 0.25) is 0 Å². The van der Waals surface area contributed by atoms with Gasteiger partial charge in [0.1, 0.15) is 24.0 Å². The molecule has 2 heterocycles. The number of ether oxygens (including phenoxy) is 1. The highest BCUT2D eigenvalue weighted by atomic mass is 35.5. The number of halogens is 5. The van der Waals surface area contributed by atoms with Crippen LogP contribution in [0.15, 0.2) is 30.5 Å². The van der Waals surface area contributed by atoms with E-state index >= 15 is 0 Å². The minimum absolute atomic E-state index is 0.0346. The Morgan fingerprint density at radius 1 is 1.36 bits per heavy atom. The lowest BCUT2D eigenvalue weighted by Gasteiger charge is -2.26. The fraction of sp³-hybridized carbons (Fsp3) is 0.333. The Morgan fingerprint density at radius 2 is 2.11 bits per heavy atom. The predicted molar refractivity (Wildman–Crippen MR) is 95.0 cm³/mol. The third-order valence-electron chi connectivity index (χ3n) is 4.46. The maximum Gasteiger partial charge on any atom is 0.417 e. The lowest BCUT2D eigenvalue weighted by atomic mass is 10.2. The second-order valence-electron chi connectivity index (χ2n) is 6.33. The number of nitrogens with two attached hydrogens (primary N) is 1. The third-order valence-corrected chi connectivity index (χ3v) is 4.76. The van der Waals surface area contributed by atoms with Gasteiger partial charge in [0.15, 0.2) is 0 Å². The number of hydrogen-bond acceptors (Lipinski definition) is 4. The average Bonchev–Trinajstić information content (AvgIpc) is 3.09. The van der Waals surface area contributed by atoms with Crippen molar-refractivity contribution in [2.45, 2.75) is 25.1 Å². The summed E-state index contributed by atoms with van der Waals surface area (Å²) in [4.78, 5) is 16.9. The minimum atomic E-state index is -4.45. The highest BCUT2D eigenvalue weighted by molar-refractivity contribution is 6.32. The SMILES string of the molecule is NC(=O)c1cc(Cl)c(OC[C@H]2CCCN2c2ccc(C(F)(F)F)cn2)cc1F. The van der Waals surface area contributed by atoms with E-state index in [1.54, 1.807) is 0 Å². The molecule has 3 rings (SSSR count). The Morgan fingerprint density at radius 3 is 2.71 bits per heavy atom. The molecule has 0 saturated carbocycles. The van der Waals surface area contributed by atoms with Crippen LogP contribution in [0.25, 0.3) is 0 Å². The average molecular weight is 418 g/mol. The van der Waals surface area contributed by atoms with Crippen LogP contribution in [0.2, 0.25) is 5.02 Å². The summed E-state index contributed by atoms with van der Waals surface area (Å²) in [5.41, 5.74) is 3.91. The van der Waals surface area contributed by atoms with Crippen LogP contribution in [0.5, 0.6) is 5.75 Å². The van der Waals surface area contributed by atoms with Crippen molar-refractivity contribution in [3.05, 3.63) is 52.4 Å². The van der Waals surface area contributed by atoms with Gasteiger partial charge in [0.05, 0.1) is 22.2 Å². The molecule has 1 fully saturated rings. The van der Waals surface area contributed by atoms with Gasteiger partial charge in [-0.05, 0) is 31.0 Å². The number of anilines is 1. The Hall–Kier alpha value is -2.55. The van der Waals surface area contributed by atoms with E-state index in [1.807, 2.05) is 4.90 Å². The number of alkyl halides is 3. The molecular weight excluding hydrogens is 402 g/mol. The Kier molecular flexibility index (Phi) is 5.64. The van der Waals surface area contributed by atoms with Gasteiger partial charge in [-0.1, -0.05) is 11.6 Å². The van der Waals surface area contributed by atoms with Crippen molar-refractivity contribution >= 4 is 23.3 Å². The van der Waals surface area contributed by atoms with Crippen molar-refractivity contribution < 1.29 is 27.1 Å². The molecule has 0 spiro atoms. The van der Waals surface area contributed by atoms with Crippen molar-refractivity contribution in [3.8, 4) is 5.75 Å². The van der Waals surface area contributed by atoms with Crippen molar-refractivity contribution in [2.75, 3.05) is 18.1 Å². The summed E-state index contributed by atoms with van der Waals surface area (Å²) in [6, 6.07) is 4.21. The van der Waals surface area contributed by atoms with Gasteiger partial charge >= 0.3 is 6.18 Å². The van der Waals surface area contributed by atoms with Crippen molar-refractivity contribution in [1.82, 2.24) is 4.98 Å². The van der Waals surface area contributed by atoms with Crippen LogP contribution in [0.4, 0.5) is 23.4 Å².